The summed E-state index contributed by atoms with van der Waals surface area (Å²) >= 11 is 1.59. The van der Waals surface area contributed by atoms with E-state index < -0.39 is 5.91 Å². The van der Waals surface area contributed by atoms with Crippen molar-refractivity contribution in [3.05, 3.63) is 76.0 Å². The Labute approximate surface area is 177 Å². The fraction of sp³-hybridized carbons (Fsp3) is 0.286. The average molecular weight is 425 g/mol. The lowest BCUT2D eigenvalue weighted by molar-refractivity contribution is 0.0694. The summed E-state index contributed by atoms with van der Waals surface area (Å²) in [6, 6.07) is 5.83. The van der Waals surface area contributed by atoms with Gasteiger partial charge in [0.15, 0.2) is 11.4 Å². The highest BCUT2D eigenvalue weighted by molar-refractivity contribution is 7.09. The molecular weight excluding hydrogens is 405 g/mol. The van der Waals surface area contributed by atoms with Crippen LogP contribution in [0.1, 0.15) is 50.3 Å². The number of nitrogens with one attached hydrogen (secondary N) is 1. The Balaban J connectivity index is 1.47. The molecule has 9 heteroatoms. The first-order valence-electron chi connectivity index (χ1n) is 9.64. The molecular formula is C21H20FN5O2S. The van der Waals surface area contributed by atoms with Gasteiger partial charge in [-0.3, -0.25) is 9.59 Å². The van der Waals surface area contributed by atoms with Crippen LogP contribution in [-0.2, 0) is 6.54 Å². The molecule has 7 nitrogen and oxygen atoms in total. The van der Waals surface area contributed by atoms with E-state index in [4.69, 9.17) is 0 Å². The topological polar surface area (TPSA) is 88.1 Å². The van der Waals surface area contributed by atoms with Crippen molar-refractivity contribution < 1.29 is 14.0 Å². The summed E-state index contributed by atoms with van der Waals surface area (Å²) in [6.07, 6.45) is 6.41. The minimum atomic E-state index is -0.496. The highest BCUT2D eigenvalue weighted by atomic mass is 32.1. The minimum absolute atomic E-state index is 0.0130. The number of likely N-dealkylation sites (tertiary alicyclic amines) is 1. The first-order chi connectivity index (χ1) is 14.6. The molecule has 0 spiro atoms. The molecule has 0 aliphatic carbocycles. The van der Waals surface area contributed by atoms with Gasteiger partial charge in [0.05, 0.1) is 5.01 Å². The molecule has 0 saturated carbocycles. The minimum Gasteiger partial charge on any atom is -0.347 e. The summed E-state index contributed by atoms with van der Waals surface area (Å²) in [5.74, 6) is -0.958. The number of halogens is 1. The van der Waals surface area contributed by atoms with Gasteiger partial charge < -0.3 is 10.2 Å². The molecule has 3 heterocycles. The van der Waals surface area contributed by atoms with Crippen molar-refractivity contribution in [2.45, 2.75) is 25.3 Å². The number of carbonyl (C=O) groups excluding carboxylic acids is 2. The second kappa shape index (κ2) is 9.08. The molecule has 1 N–H and O–H groups in total. The predicted octanol–water partition coefficient (Wildman–Crippen LogP) is 3.02. The third-order valence-electron chi connectivity index (χ3n) is 4.99. The molecule has 4 rings (SSSR count). The van der Waals surface area contributed by atoms with E-state index in [0.29, 0.717) is 13.1 Å². The molecule has 1 atom stereocenters. The summed E-state index contributed by atoms with van der Waals surface area (Å²) in [7, 11) is 0. The SMILES string of the molecule is O=C(NCc1ccc(F)cc1)c1nccnc1C(=O)N1CCCC(c2nccs2)C1. The zero-order valence-corrected chi connectivity index (χ0v) is 16.9. The third-order valence-corrected chi connectivity index (χ3v) is 5.93. The number of carbonyl (C=O) groups is 2. The Morgan fingerprint density at radius 1 is 1.10 bits per heavy atom. The van der Waals surface area contributed by atoms with E-state index in [9.17, 15) is 14.0 Å². The lowest BCUT2D eigenvalue weighted by atomic mass is 9.98. The summed E-state index contributed by atoms with van der Waals surface area (Å²) in [5.41, 5.74) is 0.763. The van der Waals surface area contributed by atoms with Crippen LogP contribution < -0.4 is 5.32 Å². The van der Waals surface area contributed by atoms with Crippen LogP contribution in [0, 0.1) is 5.82 Å². The van der Waals surface area contributed by atoms with Gasteiger partial charge >= 0.3 is 0 Å². The Morgan fingerprint density at radius 2 is 1.87 bits per heavy atom. The normalized spacial score (nSPS) is 16.3. The van der Waals surface area contributed by atoms with Gasteiger partial charge in [-0.25, -0.2) is 19.3 Å². The first-order valence-corrected chi connectivity index (χ1v) is 10.5. The lowest BCUT2D eigenvalue weighted by Gasteiger charge is -2.31. The number of thiazole rings is 1. The zero-order chi connectivity index (χ0) is 20.9. The van der Waals surface area contributed by atoms with Gasteiger partial charge in [0.1, 0.15) is 5.82 Å². The van der Waals surface area contributed by atoms with Gasteiger partial charge in [-0.15, -0.1) is 11.3 Å². The van der Waals surface area contributed by atoms with E-state index in [-0.39, 0.29) is 35.6 Å². The number of amides is 2. The maximum atomic E-state index is 13.1. The molecule has 1 fully saturated rings. The summed E-state index contributed by atoms with van der Waals surface area (Å²) < 4.78 is 13.0. The first kappa shape index (κ1) is 20.1. The molecule has 154 valence electrons. The summed E-state index contributed by atoms with van der Waals surface area (Å²) in [6.45, 7) is 1.34. The van der Waals surface area contributed by atoms with Crippen LogP contribution in [0.4, 0.5) is 4.39 Å². The molecule has 1 aromatic carbocycles. The second-order valence-electron chi connectivity index (χ2n) is 7.02. The molecule has 3 aromatic rings. The zero-order valence-electron chi connectivity index (χ0n) is 16.1. The highest BCUT2D eigenvalue weighted by Crippen LogP contribution is 2.29. The molecule has 1 aliphatic heterocycles. The highest BCUT2D eigenvalue weighted by Gasteiger charge is 2.30. The van der Waals surface area contributed by atoms with Gasteiger partial charge in [-0.05, 0) is 30.5 Å². The van der Waals surface area contributed by atoms with E-state index in [1.54, 1.807) is 34.6 Å². The van der Waals surface area contributed by atoms with Crippen LogP contribution in [0.15, 0.2) is 48.2 Å². The van der Waals surface area contributed by atoms with E-state index in [0.717, 1.165) is 23.4 Å². The Hall–Kier alpha value is -3.20. The van der Waals surface area contributed by atoms with Crippen molar-refractivity contribution in [2.75, 3.05) is 13.1 Å². The van der Waals surface area contributed by atoms with E-state index in [1.807, 2.05) is 5.38 Å². The number of piperidine rings is 1. The number of hydrogen-bond donors (Lipinski definition) is 1. The number of aromatic nitrogens is 3. The molecule has 1 aliphatic rings. The molecule has 0 radical (unpaired) electrons. The van der Waals surface area contributed by atoms with Crippen molar-refractivity contribution in [3.63, 3.8) is 0 Å². The third kappa shape index (κ3) is 4.51. The van der Waals surface area contributed by atoms with E-state index in [1.165, 1.54) is 24.5 Å². The second-order valence-corrected chi connectivity index (χ2v) is 7.95. The van der Waals surface area contributed by atoms with Crippen molar-refractivity contribution in [2.24, 2.45) is 0 Å². The Kier molecular flexibility index (Phi) is 6.08. The smallest absolute Gasteiger partial charge is 0.274 e. The fourth-order valence-corrected chi connectivity index (χ4v) is 4.25. The largest absolute Gasteiger partial charge is 0.347 e. The predicted molar refractivity (Wildman–Crippen MR) is 110 cm³/mol. The molecule has 2 amide bonds. The summed E-state index contributed by atoms with van der Waals surface area (Å²) in [4.78, 5) is 40.2. The van der Waals surface area contributed by atoms with Crippen molar-refractivity contribution in [1.82, 2.24) is 25.2 Å². The van der Waals surface area contributed by atoms with Gasteiger partial charge in [-0.2, -0.15) is 0 Å². The molecule has 30 heavy (non-hydrogen) atoms. The van der Waals surface area contributed by atoms with Gasteiger partial charge in [-0.1, -0.05) is 12.1 Å². The monoisotopic (exact) mass is 425 g/mol. The van der Waals surface area contributed by atoms with E-state index >= 15 is 0 Å². The van der Waals surface area contributed by atoms with Crippen molar-refractivity contribution >= 4 is 23.2 Å². The Bertz CT molecular complexity index is 1030. The van der Waals surface area contributed by atoms with Gasteiger partial charge in [0, 0.05) is 49.5 Å². The number of rotatable bonds is 5. The number of nitrogens with zero attached hydrogens (tertiary/aromatic N) is 4. The molecule has 0 bridgehead atoms. The van der Waals surface area contributed by atoms with Crippen LogP contribution in [-0.4, -0.2) is 44.8 Å². The average Bonchev–Trinajstić information content (AvgIpc) is 3.33. The van der Waals surface area contributed by atoms with Crippen molar-refractivity contribution in [3.8, 4) is 0 Å². The number of hydrogen-bond acceptors (Lipinski definition) is 6. The molecule has 1 unspecified atom stereocenters. The van der Waals surface area contributed by atoms with Gasteiger partial charge in [0.25, 0.3) is 11.8 Å². The van der Waals surface area contributed by atoms with Crippen LogP contribution in [0.5, 0.6) is 0 Å². The lowest BCUT2D eigenvalue weighted by Crippen LogP contribution is -2.40. The summed E-state index contributed by atoms with van der Waals surface area (Å²) in [5, 5.41) is 5.67. The number of benzene rings is 1. The maximum Gasteiger partial charge on any atom is 0.274 e. The standard InChI is InChI=1S/C21H20FN5O2S/c22-16-5-3-14(4-6-16)12-26-19(28)17-18(24-8-7-23-17)21(29)27-10-1-2-15(13-27)20-25-9-11-30-20/h3-9,11,15H,1-2,10,12-13H2,(H,26,28). The van der Waals surface area contributed by atoms with Crippen LogP contribution in [0.25, 0.3) is 0 Å². The molecule has 1 saturated heterocycles. The maximum absolute atomic E-state index is 13.1. The van der Waals surface area contributed by atoms with Crippen LogP contribution in [0.2, 0.25) is 0 Å². The van der Waals surface area contributed by atoms with Gasteiger partial charge in [0.2, 0.25) is 0 Å². The quantitative estimate of drug-likeness (QED) is 0.679. The molecule has 2 aromatic heterocycles. The van der Waals surface area contributed by atoms with Crippen molar-refractivity contribution in [1.29, 1.82) is 0 Å². The fourth-order valence-electron chi connectivity index (χ4n) is 3.48. The Morgan fingerprint density at radius 3 is 2.60 bits per heavy atom. The van der Waals surface area contributed by atoms with Crippen LogP contribution in [0.3, 0.4) is 0 Å². The van der Waals surface area contributed by atoms with Crippen LogP contribution >= 0.6 is 11.3 Å². The van der Waals surface area contributed by atoms with E-state index in [2.05, 4.69) is 20.3 Å².